The van der Waals surface area contributed by atoms with Gasteiger partial charge in [0.05, 0.1) is 17.0 Å². The van der Waals surface area contributed by atoms with Crippen LogP contribution in [0.1, 0.15) is 103 Å². The molecular weight excluding hydrogens is 648 g/mol. The molecule has 3 heterocycles. The predicted molar refractivity (Wildman–Crippen MR) is 192 cm³/mol. The second-order valence-corrected chi connectivity index (χ2v) is 19.2. The Morgan fingerprint density at radius 2 is 1.69 bits per heavy atom. The first-order chi connectivity index (χ1) is 22.8. The van der Waals surface area contributed by atoms with Gasteiger partial charge >= 0.3 is 12.0 Å². The highest BCUT2D eigenvalue weighted by Gasteiger charge is 2.54. The summed E-state index contributed by atoms with van der Waals surface area (Å²) >= 11 is 0. The van der Waals surface area contributed by atoms with Gasteiger partial charge in [0.15, 0.2) is 14.0 Å². The average Bonchev–Trinajstić information content (AvgIpc) is 3.02. The van der Waals surface area contributed by atoms with E-state index in [0.29, 0.717) is 60.3 Å². The number of aromatic nitrogens is 3. The second kappa shape index (κ2) is 14.4. The first kappa shape index (κ1) is 38.3. The van der Waals surface area contributed by atoms with Crippen molar-refractivity contribution in [2.24, 2.45) is 0 Å². The van der Waals surface area contributed by atoms with Crippen LogP contribution in [-0.2, 0) is 15.1 Å². The molecule has 1 amide bonds. The maximum Gasteiger partial charge on any atom is 0.410 e. The Morgan fingerprint density at radius 3 is 2.27 bits per heavy atom. The maximum atomic E-state index is 16.2. The van der Waals surface area contributed by atoms with Crippen LogP contribution in [0.15, 0.2) is 30.3 Å². The van der Waals surface area contributed by atoms with Crippen molar-refractivity contribution < 1.29 is 27.1 Å². The van der Waals surface area contributed by atoms with Gasteiger partial charge in [-0.1, -0.05) is 39.0 Å². The largest absolute Gasteiger partial charge is 0.444 e. The highest BCUT2D eigenvalue weighted by atomic mass is 28.4. The molecule has 1 atom stereocenters. The van der Waals surface area contributed by atoms with Gasteiger partial charge in [-0.05, 0) is 103 Å². The van der Waals surface area contributed by atoms with Crippen molar-refractivity contribution in [1.29, 1.82) is 0 Å². The number of carbonyl (C=O) groups excluding carboxylic acids is 1. The number of rotatable bonds is 11. The number of benzene rings is 1. The zero-order chi connectivity index (χ0) is 36.5. The Labute approximate surface area is 290 Å². The van der Waals surface area contributed by atoms with Gasteiger partial charge in [0.25, 0.3) is 0 Å². The van der Waals surface area contributed by atoms with E-state index in [4.69, 9.17) is 14.1 Å². The molecule has 0 saturated carbocycles. The van der Waals surface area contributed by atoms with Gasteiger partial charge in [-0.15, -0.1) is 0 Å². The minimum Gasteiger partial charge on any atom is -0.444 e. The molecule has 1 unspecified atom stereocenters. The number of carbonyl (C=O) groups is 1. The van der Waals surface area contributed by atoms with Crippen molar-refractivity contribution in [1.82, 2.24) is 19.9 Å². The van der Waals surface area contributed by atoms with Crippen LogP contribution in [-0.4, -0.2) is 58.6 Å². The molecule has 4 rings (SSSR count). The highest BCUT2D eigenvalue weighted by molar-refractivity contribution is 6.73. The number of fused-ring (bicyclic) bond motifs is 1. The number of amides is 1. The lowest BCUT2D eigenvalue weighted by Crippen LogP contribution is -2.52. The van der Waals surface area contributed by atoms with Crippen LogP contribution >= 0.6 is 0 Å². The fourth-order valence-corrected chi connectivity index (χ4v) is 9.54. The van der Waals surface area contributed by atoms with Crippen molar-refractivity contribution in [3.63, 3.8) is 0 Å². The number of pyridine rings is 1. The van der Waals surface area contributed by atoms with Crippen molar-refractivity contribution in [3.05, 3.63) is 64.4 Å². The molecule has 1 aliphatic heterocycles. The molecule has 0 spiro atoms. The molecule has 12 heteroatoms. The number of hydrogen-bond acceptors (Lipinski definition) is 7. The van der Waals surface area contributed by atoms with E-state index in [1.54, 1.807) is 18.7 Å². The summed E-state index contributed by atoms with van der Waals surface area (Å²) in [4.78, 5) is 28.2. The average molecular weight is 700 g/mol. The van der Waals surface area contributed by atoms with Crippen LogP contribution in [0.2, 0.25) is 18.1 Å². The van der Waals surface area contributed by atoms with E-state index in [1.807, 2.05) is 60.6 Å². The maximum absolute atomic E-state index is 16.2. The molecule has 0 saturated heterocycles. The normalized spacial score (nSPS) is 15.3. The summed E-state index contributed by atoms with van der Waals surface area (Å²) in [7, 11) is -2.43. The van der Waals surface area contributed by atoms with Gasteiger partial charge < -0.3 is 19.4 Å². The number of aryl methyl sites for hydroxylation is 2. The van der Waals surface area contributed by atoms with E-state index in [-0.39, 0.29) is 11.7 Å². The van der Waals surface area contributed by atoms with E-state index >= 15 is 13.2 Å². The van der Waals surface area contributed by atoms with E-state index in [2.05, 4.69) is 15.3 Å². The Hall–Kier alpha value is -3.51. The third-order valence-electron chi connectivity index (χ3n) is 9.54. The van der Waals surface area contributed by atoms with Gasteiger partial charge in [0.2, 0.25) is 0 Å². The van der Waals surface area contributed by atoms with Gasteiger partial charge in [-0.25, -0.2) is 24.1 Å². The third-order valence-corrected chi connectivity index (χ3v) is 14.4. The lowest BCUT2D eigenvalue weighted by molar-refractivity contribution is -0.161. The molecule has 1 N–H and O–H groups in total. The summed E-state index contributed by atoms with van der Waals surface area (Å²) in [5.41, 5.74) is 0.0522. The zero-order valence-electron chi connectivity index (χ0n) is 30.9. The van der Waals surface area contributed by atoms with Crippen LogP contribution in [0.3, 0.4) is 0 Å². The summed E-state index contributed by atoms with van der Waals surface area (Å²) in [5.74, 6) is -3.69. The lowest BCUT2D eigenvalue weighted by atomic mass is 9.91. The molecule has 0 aliphatic carbocycles. The number of ether oxygens (including phenoxy) is 1. The quantitative estimate of drug-likeness (QED) is 0.199. The molecule has 2 aromatic heterocycles. The van der Waals surface area contributed by atoms with Gasteiger partial charge in [-0.2, -0.15) is 8.78 Å². The lowest BCUT2D eigenvalue weighted by Gasteiger charge is -2.42. The monoisotopic (exact) mass is 699 g/mol. The summed E-state index contributed by atoms with van der Waals surface area (Å²) < 4.78 is 60.5. The van der Waals surface area contributed by atoms with Gasteiger partial charge in [0, 0.05) is 24.3 Å². The summed E-state index contributed by atoms with van der Waals surface area (Å²) in [6.45, 7) is 20.4. The number of nitrogens with one attached hydrogen (secondary N) is 1. The molecule has 1 aliphatic rings. The van der Waals surface area contributed by atoms with Crippen LogP contribution in [0.5, 0.6) is 0 Å². The molecule has 0 radical (unpaired) electrons. The molecule has 1 aromatic carbocycles. The van der Waals surface area contributed by atoms with Crippen LogP contribution in [0, 0.1) is 19.7 Å². The molecule has 8 nitrogen and oxygen atoms in total. The number of anilines is 1. The Bertz CT molecular complexity index is 1710. The second-order valence-electron chi connectivity index (χ2n) is 14.5. The fraction of sp³-hybridized carbons (Fsp3) is 0.568. The minimum absolute atomic E-state index is 0.0832. The Morgan fingerprint density at radius 1 is 1.04 bits per heavy atom. The number of nitrogens with zero attached hydrogens (tertiary/aromatic N) is 4. The predicted octanol–water partition coefficient (Wildman–Crippen LogP) is 9.87. The molecule has 268 valence electrons. The van der Waals surface area contributed by atoms with Gasteiger partial charge in [-0.3, -0.25) is 0 Å². The first-order valence-electron chi connectivity index (χ1n) is 17.2. The summed E-state index contributed by atoms with van der Waals surface area (Å²) in [6.07, 6.45) is 2.24. The smallest absolute Gasteiger partial charge is 0.410 e. The summed E-state index contributed by atoms with van der Waals surface area (Å²) in [6, 6.07) is 7.45. The molecule has 0 fully saturated rings. The van der Waals surface area contributed by atoms with Gasteiger partial charge in [0.1, 0.15) is 28.7 Å². The Kier molecular flexibility index (Phi) is 11.2. The van der Waals surface area contributed by atoms with Crippen molar-refractivity contribution in [3.8, 4) is 0 Å². The Balaban J connectivity index is 1.66. The van der Waals surface area contributed by atoms with E-state index in [0.717, 1.165) is 22.9 Å². The van der Waals surface area contributed by atoms with E-state index < -0.39 is 42.9 Å². The standard InChI is InChI=1S/C37H52F3N5O3Si/c1-12-49(13-2,14-3)48-36(10,11)37(39,40)30-17-15-16-27(31(30)38)23(4)41-32-29-22-28(24(5)42-33(29)44-25(6)43-32)26-18-20-45(21-19-26)34(46)47-35(7,8)9/h15-18,22-23H,12-14,19-21H2,1-11H3,(H,41,42,43,44). The molecule has 3 aromatic rings. The molecule has 49 heavy (non-hydrogen) atoms. The minimum atomic E-state index is -3.59. The van der Waals surface area contributed by atoms with E-state index in [9.17, 15) is 4.79 Å². The first-order valence-corrected chi connectivity index (χ1v) is 19.8. The number of halogens is 3. The summed E-state index contributed by atoms with van der Waals surface area (Å²) in [5, 5.41) is 3.89. The highest BCUT2D eigenvalue weighted by Crippen LogP contribution is 2.46. The van der Waals surface area contributed by atoms with Crippen LogP contribution in [0.4, 0.5) is 23.8 Å². The fourth-order valence-electron chi connectivity index (χ4n) is 6.40. The zero-order valence-corrected chi connectivity index (χ0v) is 31.9. The van der Waals surface area contributed by atoms with E-state index in [1.165, 1.54) is 26.0 Å². The van der Waals surface area contributed by atoms with Crippen LogP contribution in [0.25, 0.3) is 16.6 Å². The van der Waals surface area contributed by atoms with Crippen molar-refractivity contribution in [2.45, 2.75) is 124 Å². The number of alkyl halides is 2. The van der Waals surface area contributed by atoms with Crippen molar-refractivity contribution >= 4 is 36.8 Å². The molecular formula is C37H52F3N5O3Si. The topological polar surface area (TPSA) is 89.5 Å². The van der Waals surface area contributed by atoms with Crippen LogP contribution < -0.4 is 5.32 Å². The third kappa shape index (κ3) is 8.11. The van der Waals surface area contributed by atoms with Crippen molar-refractivity contribution in [2.75, 3.05) is 18.4 Å². The SMILES string of the molecule is CC[Si](CC)(CC)OC(C)(C)C(F)(F)c1cccc(C(C)Nc2nc(C)nc3nc(C)c(C4=CCN(C(=O)OC(C)(C)C)CC4)cc23)c1F. The molecule has 0 bridgehead atoms. The number of hydrogen-bond donors (Lipinski definition) is 1.